The molecule has 5 heteroatoms. The highest BCUT2D eigenvalue weighted by Gasteiger charge is 2.09. The molecule has 0 spiro atoms. The van der Waals surface area contributed by atoms with Crippen LogP contribution in [0, 0.1) is 25.2 Å². The molecule has 0 fully saturated rings. The van der Waals surface area contributed by atoms with Crippen LogP contribution in [-0.2, 0) is 4.79 Å². The van der Waals surface area contributed by atoms with Crippen molar-refractivity contribution in [1.29, 1.82) is 5.26 Å². The second-order valence-electron chi connectivity index (χ2n) is 4.94. The Hall–Kier alpha value is -2.09. The van der Waals surface area contributed by atoms with Gasteiger partial charge in [0.1, 0.15) is 6.07 Å². The number of nitrogens with one attached hydrogen (secondary N) is 2. The fourth-order valence-corrected chi connectivity index (χ4v) is 1.87. The van der Waals surface area contributed by atoms with E-state index in [0.29, 0.717) is 24.2 Å². The van der Waals surface area contributed by atoms with Crippen LogP contribution in [0.25, 0.3) is 0 Å². The van der Waals surface area contributed by atoms with E-state index in [1.165, 1.54) is 0 Å². The molecule has 108 valence electrons. The van der Waals surface area contributed by atoms with Gasteiger partial charge in [-0.05, 0) is 33.3 Å². The predicted octanol–water partition coefficient (Wildman–Crippen LogP) is 2.29. The fourth-order valence-electron chi connectivity index (χ4n) is 1.87. The molecule has 2 N–H and O–H groups in total. The topological polar surface area (TPSA) is 77.8 Å². The lowest BCUT2D eigenvalue weighted by molar-refractivity contribution is -0.121. The molecule has 1 heterocycles. The molecule has 0 aliphatic heterocycles. The maximum atomic E-state index is 11.7. The Morgan fingerprint density at radius 2 is 2.20 bits per heavy atom. The number of anilines is 1. The number of aromatic nitrogens is 1. The van der Waals surface area contributed by atoms with Crippen LogP contribution in [0.2, 0.25) is 0 Å². The minimum atomic E-state index is 0.0212. The van der Waals surface area contributed by atoms with Crippen LogP contribution in [-0.4, -0.2) is 23.5 Å². The van der Waals surface area contributed by atoms with Crippen molar-refractivity contribution >= 4 is 11.6 Å². The largest absolute Gasteiger partial charge is 0.383 e. The summed E-state index contributed by atoms with van der Waals surface area (Å²) in [7, 11) is 0. The Labute approximate surface area is 120 Å². The van der Waals surface area contributed by atoms with Gasteiger partial charge in [0.05, 0.1) is 16.9 Å². The number of hydrogen-bond acceptors (Lipinski definition) is 4. The third-order valence-corrected chi connectivity index (χ3v) is 3.13. The summed E-state index contributed by atoms with van der Waals surface area (Å²) < 4.78 is 0. The van der Waals surface area contributed by atoms with Crippen molar-refractivity contribution in [2.45, 2.75) is 46.6 Å². The first-order chi connectivity index (χ1) is 9.47. The van der Waals surface area contributed by atoms with E-state index in [2.05, 4.69) is 21.7 Å². The molecule has 0 radical (unpaired) electrons. The third-order valence-electron chi connectivity index (χ3n) is 3.13. The molecule has 0 saturated carbocycles. The Balaban J connectivity index is 2.59. The second kappa shape index (κ2) is 7.49. The summed E-state index contributed by atoms with van der Waals surface area (Å²) in [5, 5.41) is 15.2. The number of nitrogens with zero attached hydrogens (tertiary/aromatic N) is 2. The van der Waals surface area contributed by atoms with Crippen LogP contribution in [0.3, 0.4) is 0 Å². The van der Waals surface area contributed by atoms with Crippen molar-refractivity contribution in [3.63, 3.8) is 0 Å². The number of rotatable bonds is 6. The Morgan fingerprint density at radius 1 is 1.50 bits per heavy atom. The van der Waals surface area contributed by atoms with Crippen molar-refractivity contribution in [1.82, 2.24) is 10.3 Å². The molecule has 5 nitrogen and oxygen atoms in total. The quantitative estimate of drug-likeness (QED) is 0.834. The molecule has 20 heavy (non-hydrogen) atoms. The van der Waals surface area contributed by atoms with Gasteiger partial charge in [0.25, 0.3) is 0 Å². The van der Waals surface area contributed by atoms with Crippen molar-refractivity contribution in [3.05, 3.63) is 23.0 Å². The average Bonchev–Trinajstić information content (AvgIpc) is 2.38. The lowest BCUT2D eigenvalue weighted by atomic mass is 10.1. The number of nitriles is 1. The highest BCUT2D eigenvalue weighted by Crippen LogP contribution is 2.18. The summed E-state index contributed by atoms with van der Waals surface area (Å²) in [5.41, 5.74) is 2.85. The lowest BCUT2D eigenvalue weighted by Crippen LogP contribution is -2.33. The zero-order valence-electron chi connectivity index (χ0n) is 12.6. The van der Waals surface area contributed by atoms with Gasteiger partial charge in [-0.15, -0.1) is 0 Å². The Kier molecular flexibility index (Phi) is 5.98. The number of aryl methyl sites for hydroxylation is 2. The number of hydrogen-bond donors (Lipinski definition) is 2. The molecule has 1 amide bonds. The molecule has 1 rings (SSSR count). The van der Waals surface area contributed by atoms with Crippen LogP contribution in [0.1, 0.15) is 43.6 Å². The maximum Gasteiger partial charge on any atom is 0.221 e. The van der Waals surface area contributed by atoms with Crippen molar-refractivity contribution in [2.75, 3.05) is 11.9 Å². The molecule has 0 aromatic carbocycles. The molecule has 1 aromatic heterocycles. The molecule has 1 unspecified atom stereocenters. The monoisotopic (exact) mass is 274 g/mol. The van der Waals surface area contributed by atoms with E-state index in [0.717, 1.165) is 17.8 Å². The van der Waals surface area contributed by atoms with Crippen LogP contribution in [0.4, 0.5) is 5.69 Å². The number of carbonyl (C=O) groups excluding carboxylic acids is 1. The second-order valence-corrected chi connectivity index (χ2v) is 4.94. The zero-order chi connectivity index (χ0) is 15.1. The molecule has 0 aliphatic carbocycles. The van der Waals surface area contributed by atoms with Crippen LogP contribution in [0.15, 0.2) is 6.07 Å². The van der Waals surface area contributed by atoms with Gasteiger partial charge in [-0.25, -0.2) is 0 Å². The minimum absolute atomic E-state index is 0.0212. The third kappa shape index (κ3) is 4.54. The molecular weight excluding hydrogens is 252 g/mol. The highest BCUT2D eigenvalue weighted by molar-refractivity contribution is 5.76. The Bertz CT molecular complexity index is 519. The van der Waals surface area contributed by atoms with Gasteiger partial charge < -0.3 is 10.6 Å². The molecule has 0 aliphatic rings. The molecule has 1 atom stereocenters. The first-order valence-electron chi connectivity index (χ1n) is 6.89. The number of pyridine rings is 1. The molecule has 0 saturated heterocycles. The SMILES string of the molecule is CCC(C)NC(=O)CCNc1cc(C)nc(C)c1C#N. The summed E-state index contributed by atoms with van der Waals surface area (Å²) in [6.45, 7) is 8.21. The normalized spacial score (nSPS) is 11.6. The first-order valence-corrected chi connectivity index (χ1v) is 6.89. The number of carbonyl (C=O) groups is 1. The lowest BCUT2D eigenvalue weighted by Gasteiger charge is -2.13. The van der Waals surface area contributed by atoms with E-state index in [1.807, 2.05) is 33.8 Å². The van der Waals surface area contributed by atoms with E-state index in [1.54, 1.807) is 0 Å². The van der Waals surface area contributed by atoms with Crippen LogP contribution >= 0.6 is 0 Å². The summed E-state index contributed by atoms with van der Waals surface area (Å²) in [4.78, 5) is 15.9. The van der Waals surface area contributed by atoms with E-state index in [9.17, 15) is 4.79 Å². The fraction of sp³-hybridized carbons (Fsp3) is 0.533. The van der Waals surface area contributed by atoms with Gasteiger partial charge in [0.2, 0.25) is 5.91 Å². The van der Waals surface area contributed by atoms with E-state index < -0.39 is 0 Å². The molecule has 1 aromatic rings. The highest BCUT2D eigenvalue weighted by atomic mass is 16.1. The maximum absolute atomic E-state index is 11.7. The first kappa shape index (κ1) is 16.0. The van der Waals surface area contributed by atoms with E-state index in [4.69, 9.17) is 5.26 Å². The van der Waals surface area contributed by atoms with Crippen molar-refractivity contribution in [3.8, 4) is 6.07 Å². The summed E-state index contributed by atoms with van der Waals surface area (Å²) in [6, 6.07) is 4.17. The minimum Gasteiger partial charge on any atom is -0.383 e. The van der Waals surface area contributed by atoms with Gasteiger partial charge in [-0.1, -0.05) is 6.92 Å². The van der Waals surface area contributed by atoms with Crippen LogP contribution in [0.5, 0.6) is 0 Å². The van der Waals surface area contributed by atoms with Gasteiger partial charge in [0, 0.05) is 24.7 Å². The van der Waals surface area contributed by atoms with E-state index >= 15 is 0 Å². The zero-order valence-corrected chi connectivity index (χ0v) is 12.6. The summed E-state index contributed by atoms with van der Waals surface area (Å²) >= 11 is 0. The van der Waals surface area contributed by atoms with Crippen molar-refractivity contribution < 1.29 is 4.79 Å². The smallest absolute Gasteiger partial charge is 0.221 e. The van der Waals surface area contributed by atoms with E-state index in [-0.39, 0.29) is 11.9 Å². The molecular formula is C15H22N4O. The van der Waals surface area contributed by atoms with Gasteiger partial charge in [-0.3, -0.25) is 9.78 Å². The predicted molar refractivity (Wildman–Crippen MR) is 79.4 cm³/mol. The Morgan fingerprint density at radius 3 is 2.80 bits per heavy atom. The van der Waals surface area contributed by atoms with Crippen LogP contribution < -0.4 is 10.6 Å². The standard InChI is InChI=1S/C15H22N4O/c1-5-10(2)19-15(20)6-7-17-14-8-11(3)18-12(4)13(14)9-16/h8,10H,5-7H2,1-4H3,(H,17,18)(H,19,20). The van der Waals surface area contributed by atoms with Gasteiger partial charge >= 0.3 is 0 Å². The summed E-state index contributed by atoms with van der Waals surface area (Å²) in [5.74, 6) is 0.0212. The number of amides is 1. The van der Waals surface area contributed by atoms with Gasteiger partial charge in [0.15, 0.2) is 0 Å². The summed E-state index contributed by atoms with van der Waals surface area (Å²) in [6.07, 6.45) is 1.30. The van der Waals surface area contributed by atoms with Crippen molar-refractivity contribution in [2.24, 2.45) is 0 Å². The van der Waals surface area contributed by atoms with Gasteiger partial charge in [-0.2, -0.15) is 5.26 Å². The average molecular weight is 274 g/mol. The molecule has 0 bridgehead atoms.